The first-order chi connectivity index (χ1) is 36.9. The van der Waals surface area contributed by atoms with Gasteiger partial charge >= 0.3 is 30.3 Å². The number of amides is 5. The molecule has 2 atom stereocenters. The van der Waals surface area contributed by atoms with Gasteiger partial charge in [-0.3, -0.25) is 29.1 Å². The number of ketones is 1. The molecule has 0 aromatic heterocycles. The van der Waals surface area contributed by atoms with Gasteiger partial charge in [-0.2, -0.15) is 0 Å². The van der Waals surface area contributed by atoms with Crippen LogP contribution in [0.2, 0.25) is 0 Å². The Labute approximate surface area is 470 Å². The van der Waals surface area contributed by atoms with E-state index in [0.29, 0.717) is 58.9 Å². The van der Waals surface area contributed by atoms with E-state index in [9.17, 15) is 38.7 Å². The second-order valence-electron chi connectivity index (χ2n) is 22.3. The highest BCUT2D eigenvalue weighted by atomic mass is 16.6. The van der Waals surface area contributed by atoms with Gasteiger partial charge in [0.05, 0.1) is 91.3 Å². The zero-order chi connectivity index (χ0) is 59.9. The third kappa shape index (κ3) is 46.8. The van der Waals surface area contributed by atoms with E-state index in [2.05, 4.69) is 26.6 Å². The monoisotopic (exact) mass is 1140 g/mol. The van der Waals surface area contributed by atoms with Crippen molar-refractivity contribution in [1.29, 1.82) is 0 Å². The maximum Gasteiger partial charge on any atom is 0.407 e. The van der Waals surface area contributed by atoms with Crippen molar-refractivity contribution in [3.05, 3.63) is 0 Å². The number of nitrogens with one attached hydrogen (secondary N) is 5. The Balaban J connectivity index is 4.99. The largest absolute Gasteiger partial charge is 0.480 e. The lowest BCUT2D eigenvalue weighted by atomic mass is 10.1. The Morgan fingerprint density at radius 1 is 0.392 bits per heavy atom. The molecule has 0 radical (unpaired) electrons. The van der Waals surface area contributed by atoms with Crippen molar-refractivity contribution in [2.75, 3.05) is 158 Å². The highest BCUT2D eigenvalue weighted by molar-refractivity contribution is 5.83. The Hall–Kier alpha value is -4.67. The minimum atomic E-state index is -1.01. The summed E-state index contributed by atoms with van der Waals surface area (Å²) >= 11 is 0. The van der Waals surface area contributed by atoms with Crippen LogP contribution >= 0.6 is 0 Å². The van der Waals surface area contributed by atoms with Crippen LogP contribution in [-0.2, 0) is 61.8 Å². The van der Waals surface area contributed by atoms with Crippen molar-refractivity contribution in [2.24, 2.45) is 0 Å². The molecule has 5 amide bonds. The first kappa shape index (κ1) is 74.3. The minimum absolute atomic E-state index is 0.00464. The third-order valence-corrected chi connectivity index (χ3v) is 10.4. The number of ether oxygens (including phenoxy) is 10. The molecule has 0 aliphatic carbocycles. The molecule has 0 spiro atoms. The SMILES string of the molecule is C[C@@H](C(=O)CCCOCCN(CCOCCNC(=O)[C@H](C)N(CCOCCNC(=O)OC(C)(C)C)CCOCCNC(=O)OC(C)(C)C)CC(=O)O)N(CCOCCNC(=O)OC(C)(C)C)CCOCCNC(=O)OC(C)(C)C. The summed E-state index contributed by atoms with van der Waals surface area (Å²) in [7, 11) is 0. The van der Waals surface area contributed by atoms with Crippen LogP contribution in [0.25, 0.3) is 0 Å². The van der Waals surface area contributed by atoms with Crippen LogP contribution in [0, 0.1) is 0 Å². The van der Waals surface area contributed by atoms with E-state index in [-0.39, 0.29) is 123 Å². The molecule has 79 heavy (non-hydrogen) atoms. The van der Waals surface area contributed by atoms with Crippen molar-refractivity contribution in [2.45, 2.75) is 144 Å². The number of carboxylic acids is 1. The summed E-state index contributed by atoms with van der Waals surface area (Å²) in [6.45, 7) is 31.0. The van der Waals surface area contributed by atoms with Gasteiger partial charge in [0.1, 0.15) is 28.2 Å². The van der Waals surface area contributed by atoms with Gasteiger partial charge in [0.25, 0.3) is 0 Å². The predicted molar refractivity (Wildman–Crippen MR) is 295 cm³/mol. The van der Waals surface area contributed by atoms with Crippen LogP contribution in [0.3, 0.4) is 0 Å². The quantitative estimate of drug-likeness (QED) is 0.0376. The van der Waals surface area contributed by atoms with E-state index in [1.54, 1.807) is 94.9 Å². The Morgan fingerprint density at radius 2 is 0.671 bits per heavy atom. The molecule has 6 N–H and O–H groups in total. The lowest BCUT2D eigenvalue weighted by molar-refractivity contribution is -0.138. The lowest BCUT2D eigenvalue weighted by Crippen LogP contribution is -2.48. The van der Waals surface area contributed by atoms with Gasteiger partial charge in [-0.25, -0.2) is 19.2 Å². The maximum atomic E-state index is 13.4. The first-order valence-electron chi connectivity index (χ1n) is 27.4. The van der Waals surface area contributed by atoms with E-state index in [4.69, 9.17) is 47.4 Å². The van der Waals surface area contributed by atoms with Crippen LogP contribution in [0.4, 0.5) is 19.2 Å². The molecule has 26 nitrogen and oxygen atoms in total. The summed E-state index contributed by atoms with van der Waals surface area (Å²) in [5.74, 6) is -1.26. The highest BCUT2D eigenvalue weighted by Crippen LogP contribution is 2.10. The van der Waals surface area contributed by atoms with Crippen LogP contribution in [0.5, 0.6) is 0 Å². The fraction of sp³-hybridized carbons (Fsp3) is 0.868. The fourth-order valence-electron chi connectivity index (χ4n) is 6.66. The van der Waals surface area contributed by atoms with Crippen LogP contribution in [0.15, 0.2) is 0 Å². The second kappa shape index (κ2) is 41.3. The summed E-state index contributed by atoms with van der Waals surface area (Å²) in [6, 6.07) is -1.05. The van der Waals surface area contributed by atoms with E-state index in [0.717, 1.165) is 0 Å². The fourth-order valence-corrected chi connectivity index (χ4v) is 6.66. The predicted octanol–water partition coefficient (Wildman–Crippen LogP) is 3.42. The van der Waals surface area contributed by atoms with Crippen molar-refractivity contribution >= 4 is 42.0 Å². The Kier molecular flexibility index (Phi) is 38.9. The number of rotatable bonds is 43. The number of hydrogen-bond donors (Lipinski definition) is 6. The standard InChI is InChI=1S/C53H102N8O18/c1-41(60(24-36-72-30-18-55-46(66)76-50(3,4)5)25-37-73-31-19-56-47(67)77-51(6,7)8)43(62)16-15-28-70-34-22-59(40-44(63)64)23-35-71-29-17-54-45(65)42(2)61(26-38-74-32-20-57-48(68)78-52(9,10)11)27-39-75-33-21-58-49(69)79-53(12,13)14/h41-42H,15-40H2,1-14H3,(H,54,65)(H,55,66)(H,56,67)(H,57,68)(H,58,69)(H,63,64)/t41-,42-/m0/s1. The smallest absolute Gasteiger partial charge is 0.407 e. The van der Waals surface area contributed by atoms with Crippen molar-refractivity contribution in [1.82, 2.24) is 41.3 Å². The Bertz CT molecular complexity index is 1530. The average Bonchev–Trinajstić information content (AvgIpc) is 3.30. The van der Waals surface area contributed by atoms with Crippen LogP contribution in [0.1, 0.15) is 110 Å². The average molecular weight is 1140 g/mol. The number of nitrogens with zero attached hydrogens (tertiary/aromatic N) is 3. The van der Waals surface area contributed by atoms with Gasteiger partial charge in [0.15, 0.2) is 0 Å². The van der Waals surface area contributed by atoms with E-state index < -0.39 is 64.8 Å². The summed E-state index contributed by atoms with van der Waals surface area (Å²) in [5.41, 5.74) is -2.49. The van der Waals surface area contributed by atoms with E-state index in [1.165, 1.54) is 0 Å². The number of hydrogen-bond acceptors (Lipinski definition) is 20. The van der Waals surface area contributed by atoms with Gasteiger partial charge in [-0.15, -0.1) is 0 Å². The van der Waals surface area contributed by atoms with Crippen LogP contribution in [-0.4, -0.2) is 254 Å². The van der Waals surface area contributed by atoms with Gasteiger partial charge in [0.2, 0.25) is 5.91 Å². The van der Waals surface area contributed by atoms with Gasteiger partial charge in [-0.05, 0) is 103 Å². The van der Waals surface area contributed by atoms with Crippen molar-refractivity contribution < 1.29 is 86.0 Å². The number of Topliss-reactive ketones (excluding diaryl/α,β-unsaturated/α-hetero) is 1. The third-order valence-electron chi connectivity index (χ3n) is 10.4. The zero-order valence-electron chi connectivity index (χ0n) is 50.3. The molecular formula is C53H102N8O18. The molecule has 0 rings (SSSR count). The molecule has 0 aliphatic rings. The molecule has 26 heteroatoms. The molecule has 0 saturated heterocycles. The number of alkyl carbamates (subject to hydrolysis) is 4. The molecule has 0 heterocycles. The number of carbonyl (C=O) groups is 7. The highest BCUT2D eigenvalue weighted by Gasteiger charge is 2.24. The molecule has 462 valence electrons. The van der Waals surface area contributed by atoms with Crippen molar-refractivity contribution in [3.8, 4) is 0 Å². The molecular weight excluding hydrogens is 1040 g/mol. The molecule has 0 unspecified atom stereocenters. The van der Waals surface area contributed by atoms with Crippen molar-refractivity contribution in [3.63, 3.8) is 0 Å². The number of aliphatic carboxylic acids is 1. The molecule has 0 fully saturated rings. The first-order valence-corrected chi connectivity index (χ1v) is 27.4. The molecule has 0 bridgehead atoms. The molecule has 0 aliphatic heterocycles. The topological polar surface area (TPSA) is 302 Å². The van der Waals surface area contributed by atoms with Gasteiger partial charge in [-0.1, -0.05) is 0 Å². The Morgan fingerprint density at radius 3 is 0.975 bits per heavy atom. The normalized spacial score (nSPS) is 12.9. The summed E-state index contributed by atoms with van der Waals surface area (Å²) in [6.07, 6.45) is -1.47. The molecule has 0 aromatic carbocycles. The van der Waals surface area contributed by atoms with Crippen LogP contribution < -0.4 is 26.6 Å². The van der Waals surface area contributed by atoms with E-state index >= 15 is 0 Å². The lowest BCUT2D eigenvalue weighted by Gasteiger charge is -2.28. The second-order valence-corrected chi connectivity index (χ2v) is 22.3. The van der Waals surface area contributed by atoms with Gasteiger partial charge in [0, 0.05) is 85.0 Å². The van der Waals surface area contributed by atoms with E-state index in [1.807, 2.05) is 16.7 Å². The maximum absolute atomic E-state index is 13.4. The van der Waals surface area contributed by atoms with Gasteiger partial charge < -0.3 is 79.1 Å². The molecule has 0 aromatic rings. The molecule has 0 saturated carbocycles. The summed E-state index contributed by atoms with van der Waals surface area (Å²) in [5, 5.41) is 23.0. The summed E-state index contributed by atoms with van der Waals surface area (Å²) in [4.78, 5) is 91.6. The number of carboxylic acid groups (broad SMARTS) is 1. The minimum Gasteiger partial charge on any atom is -0.480 e. The zero-order valence-corrected chi connectivity index (χ0v) is 50.3. The number of carbonyl (C=O) groups excluding carboxylic acids is 6. The summed E-state index contributed by atoms with van der Waals surface area (Å²) < 4.78 is 55.5.